The second-order valence-electron chi connectivity index (χ2n) is 5.98. The topological polar surface area (TPSA) is 85.1 Å². The van der Waals surface area contributed by atoms with Gasteiger partial charge in [0.1, 0.15) is 6.04 Å². The summed E-state index contributed by atoms with van der Waals surface area (Å²) in [6.45, 7) is 1.96. The normalized spacial score (nSPS) is 11.9. The van der Waals surface area contributed by atoms with Gasteiger partial charge in [0, 0.05) is 18.0 Å². The molecule has 0 unspecified atom stereocenters. The van der Waals surface area contributed by atoms with Gasteiger partial charge in [0.15, 0.2) is 0 Å². The van der Waals surface area contributed by atoms with Crippen molar-refractivity contribution in [3.8, 4) is 0 Å². The number of primary amides is 1. The number of rotatable bonds is 5. The molecule has 1 atom stereocenters. The van der Waals surface area contributed by atoms with Gasteiger partial charge in [-0.15, -0.1) is 0 Å². The zero-order chi connectivity index (χ0) is 17.8. The van der Waals surface area contributed by atoms with Gasteiger partial charge in [-0.2, -0.15) is 0 Å². The number of hydrogen-bond donors (Lipinski definition) is 2. The largest absolute Gasteiger partial charge is 0.368 e. The molecule has 3 aromatic rings. The number of aryl methyl sites for hydroxylation is 1. The summed E-state index contributed by atoms with van der Waals surface area (Å²) in [7, 11) is 0. The van der Waals surface area contributed by atoms with Gasteiger partial charge >= 0.3 is 0 Å². The number of hydrogen-bond acceptors (Lipinski definition) is 3. The van der Waals surface area contributed by atoms with Crippen molar-refractivity contribution >= 4 is 22.7 Å². The van der Waals surface area contributed by atoms with Crippen molar-refractivity contribution in [1.29, 1.82) is 0 Å². The number of amides is 2. The van der Waals surface area contributed by atoms with Crippen LogP contribution in [0.15, 0.2) is 60.8 Å². The van der Waals surface area contributed by atoms with Crippen LogP contribution in [0.2, 0.25) is 0 Å². The fourth-order valence-electron chi connectivity index (χ4n) is 2.72. The van der Waals surface area contributed by atoms with E-state index in [9.17, 15) is 9.59 Å². The summed E-state index contributed by atoms with van der Waals surface area (Å²) in [4.78, 5) is 28.6. The number of nitrogens with two attached hydrogens (primary N) is 1. The Morgan fingerprint density at radius 3 is 2.60 bits per heavy atom. The lowest BCUT2D eigenvalue weighted by Crippen LogP contribution is -2.46. The molecular weight excluding hydrogens is 314 g/mol. The van der Waals surface area contributed by atoms with Gasteiger partial charge in [-0.3, -0.25) is 14.6 Å². The molecule has 0 aliphatic carbocycles. The van der Waals surface area contributed by atoms with Crippen molar-refractivity contribution < 1.29 is 9.59 Å². The standard InChI is InChI=1S/C20H19N3O2/c1-13-6-2-3-7-14(13)11-18(19(21)24)23-20(25)16-10-15-8-4-5-9-17(15)22-12-16/h2-10,12,18H,11H2,1H3,(H2,21,24)(H,23,25)/t18-/m0/s1. The quantitative estimate of drug-likeness (QED) is 0.752. The molecule has 3 rings (SSSR count). The average molecular weight is 333 g/mol. The Balaban J connectivity index is 1.80. The van der Waals surface area contributed by atoms with Crippen LogP contribution in [0.3, 0.4) is 0 Å². The SMILES string of the molecule is Cc1ccccc1C[C@H](NC(=O)c1cnc2ccccc2c1)C(N)=O. The van der Waals surface area contributed by atoms with Crippen LogP contribution in [0.1, 0.15) is 21.5 Å². The van der Waals surface area contributed by atoms with Crippen molar-refractivity contribution in [1.82, 2.24) is 10.3 Å². The number of carbonyl (C=O) groups excluding carboxylic acids is 2. The molecule has 0 bridgehead atoms. The molecule has 5 nitrogen and oxygen atoms in total. The van der Waals surface area contributed by atoms with Gasteiger partial charge in [-0.05, 0) is 30.2 Å². The van der Waals surface area contributed by atoms with Crippen LogP contribution in [-0.4, -0.2) is 22.8 Å². The molecule has 5 heteroatoms. The van der Waals surface area contributed by atoms with Crippen molar-refractivity contribution in [3.05, 3.63) is 77.5 Å². The van der Waals surface area contributed by atoms with Crippen LogP contribution in [0.4, 0.5) is 0 Å². The van der Waals surface area contributed by atoms with E-state index in [1.54, 1.807) is 6.07 Å². The Morgan fingerprint density at radius 1 is 1.12 bits per heavy atom. The predicted molar refractivity (Wildman–Crippen MR) is 97.1 cm³/mol. The third-order valence-electron chi connectivity index (χ3n) is 4.19. The molecule has 0 radical (unpaired) electrons. The van der Waals surface area contributed by atoms with Gasteiger partial charge < -0.3 is 11.1 Å². The molecule has 2 aromatic carbocycles. The molecule has 3 N–H and O–H groups in total. The first-order chi connectivity index (χ1) is 12.0. The minimum atomic E-state index is -0.778. The number of carbonyl (C=O) groups is 2. The fraction of sp³-hybridized carbons (Fsp3) is 0.150. The predicted octanol–water partition coefficient (Wildman–Crippen LogP) is 2.37. The summed E-state index contributed by atoms with van der Waals surface area (Å²) in [5.74, 6) is -0.930. The van der Waals surface area contributed by atoms with E-state index in [2.05, 4.69) is 10.3 Å². The van der Waals surface area contributed by atoms with Crippen LogP contribution in [0, 0.1) is 6.92 Å². The van der Waals surface area contributed by atoms with Crippen LogP contribution < -0.4 is 11.1 Å². The molecule has 0 fully saturated rings. The van der Waals surface area contributed by atoms with Crippen molar-refractivity contribution in [2.75, 3.05) is 0 Å². The summed E-state index contributed by atoms with van der Waals surface area (Å²) in [6, 6.07) is 16.2. The Kier molecular flexibility index (Phi) is 4.75. The first-order valence-electron chi connectivity index (χ1n) is 8.04. The molecular formula is C20H19N3O2. The number of nitrogens with one attached hydrogen (secondary N) is 1. The first kappa shape index (κ1) is 16.6. The Hall–Kier alpha value is -3.21. The van der Waals surface area contributed by atoms with Crippen molar-refractivity contribution in [2.45, 2.75) is 19.4 Å². The second kappa shape index (κ2) is 7.13. The average Bonchev–Trinajstić information content (AvgIpc) is 2.62. The number of para-hydroxylation sites is 1. The molecule has 0 saturated carbocycles. The molecule has 1 heterocycles. The monoisotopic (exact) mass is 333 g/mol. The van der Waals surface area contributed by atoms with E-state index in [0.717, 1.165) is 22.0 Å². The molecule has 0 aliphatic rings. The third-order valence-corrected chi connectivity index (χ3v) is 4.19. The van der Waals surface area contributed by atoms with E-state index in [4.69, 9.17) is 5.73 Å². The Labute approximate surface area is 145 Å². The molecule has 0 spiro atoms. The van der Waals surface area contributed by atoms with E-state index in [1.807, 2.05) is 55.5 Å². The number of aromatic nitrogens is 1. The van der Waals surface area contributed by atoms with Gasteiger partial charge in [-0.25, -0.2) is 0 Å². The molecule has 2 amide bonds. The maximum atomic E-state index is 12.5. The number of nitrogens with zero attached hydrogens (tertiary/aromatic N) is 1. The lowest BCUT2D eigenvalue weighted by Gasteiger charge is -2.17. The van der Waals surface area contributed by atoms with Gasteiger partial charge in [0.2, 0.25) is 5.91 Å². The second-order valence-corrected chi connectivity index (χ2v) is 5.98. The van der Waals surface area contributed by atoms with E-state index >= 15 is 0 Å². The van der Waals surface area contributed by atoms with Gasteiger partial charge in [0.05, 0.1) is 11.1 Å². The zero-order valence-electron chi connectivity index (χ0n) is 13.9. The Bertz CT molecular complexity index is 937. The third kappa shape index (κ3) is 3.83. The van der Waals surface area contributed by atoms with E-state index in [-0.39, 0.29) is 5.91 Å². The summed E-state index contributed by atoms with van der Waals surface area (Å²) in [6.07, 6.45) is 1.86. The van der Waals surface area contributed by atoms with Crippen molar-refractivity contribution in [2.24, 2.45) is 5.73 Å². The van der Waals surface area contributed by atoms with E-state index < -0.39 is 11.9 Å². The van der Waals surface area contributed by atoms with E-state index in [0.29, 0.717) is 12.0 Å². The highest BCUT2D eigenvalue weighted by molar-refractivity contribution is 5.99. The van der Waals surface area contributed by atoms with Crippen LogP contribution >= 0.6 is 0 Å². The number of fused-ring (bicyclic) bond motifs is 1. The summed E-state index contributed by atoms with van der Waals surface area (Å²) < 4.78 is 0. The summed E-state index contributed by atoms with van der Waals surface area (Å²) in [5, 5.41) is 3.59. The highest BCUT2D eigenvalue weighted by Gasteiger charge is 2.20. The van der Waals surface area contributed by atoms with Crippen LogP contribution in [-0.2, 0) is 11.2 Å². The minimum absolute atomic E-state index is 0.356. The molecule has 25 heavy (non-hydrogen) atoms. The maximum Gasteiger partial charge on any atom is 0.253 e. The van der Waals surface area contributed by atoms with Crippen molar-refractivity contribution in [3.63, 3.8) is 0 Å². The van der Waals surface area contributed by atoms with E-state index in [1.165, 1.54) is 6.20 Å². The zero-order valence-corrected chi connectivity index (χ0v) is 13.9. The van der Waals surface area contributed by atoms with Crippen LogP contribution in [0.25, 0.3) is 10.9 Å². The fourth-order valence-corrected chi connectivity index (χ4v) is 2.72. The maximum absolute atomic E-state index is 12.5. The first-order valence-corrected chi connectivity index (χ1v) is 8.04. The lowest BCUT2D eigenvalue weighted by atomic mass is 10.0. The summed E-state index contributed by atoms with van der Waals surface area (Å²) >= 11 is 0. The number of pyridine rings is 1. The highest BCUT2D eigenvalue weighted by atomic mass is 16.2. The minimum Gasteiger partial charge on any atom is -0.368 e. The highest BCUT2D eigenvalue weighted by Crippen LogP contribution is 2.14. The number of benzene rings is 2. The molecule has 126 valence electrons. The summed E-state index contributed by atoms with van der Waals surface area (Å²) in [5.41, 5.74) is 8.72. The molecule has 1 aromatic heterocycles. The molecule has 0 aliphatic heterocycles. The van der Waals surface area contributed by atoms with Gasteiger partial charge in [-0.1, -0.05) is 42.5 Å². The van der Waals surface area contributed by atoms with Gasteiger partial charge in [0.25, 0.3) is 5.91 Å². The smallest absolute Gasteiger partial charge is 0.253 e. The van der Waals surface area contributed by atoms with Crippen LogP contribution in [0.5, 0.6) is 0 Å². The lowest BCUT2D eigenvalue weighted by molar-refractivity contribution is -0.119. The Morgan fingerprint density at radius 2 is 1.84 bits per heavy atom. The molecule has 0 saturated heterocycles.